The molecular formula is C22H30N4O3. The van der Waals surface area contributed by atoms with Crippen LogP contribution in [0.25, 0.3) is 0 Å². The number of rotatable bonds is 9. The second-order valence-corrected chi connectivity index (χ2v) is 7.24. The first-order valence-electron chi connectivity index (χ1n) is 10.0. The highest BCUT2D eigenvalue weighted by atomic mass is 16.5. The van der Waals surface area contributed by atoms with Gasteiger partial charge in [-0.2, -0.15) is 0 Å². The molecule has 29 heavy (non-hydrogen) atoms. The summed E-state index contributed by atoms with van der Waals surface area (Å²) in [7, 11) is 3.33. The van der Waals surface area contributed by atoms with Gasteiger partial charge in [0, 0.05) is 50.7 Å². The molecule has 1 aromatic heterocycles. The number of amides is 1. The number of carbonyl (C=O) groups is 1. The van der Waals surface area contributed by atoms with Gasteiger partial charge in [-0.1, -0.05) is 12.1 Å². The molecule has 1 amide bonds. The molecular weight excluding hydrogens is 368 g/mol. The van der Waals surface area contributed by atoms with E-state index in [0.717, 1.165) is 55.1 Å². The second kappa shape index (κ2) is 10.8. The molecule has 1 aliphatic heterocycles. The molecule has 7 heteroatoms. The molecule has 2 N–H and O–H groups in total. The van der Waals surface area contributed by atoms with Crippen LogP contribution in [0.5, 0.6) is 11.5 Å². The number of carbonyl (C=O) groups excluding carboxylic acids is 1. The third-order valence-corrected chi connectivity index (χ3v) is 5.17. The molecule has 3 rings (SSSR count). The van der Waals surface area contributed by atoms with Crippen molar-refractivity contribution in [1.29, 1.82) is 0 Å². The van der Waals surface area contributed by atoms with Gasteiger partial charge in [0.2, 0.25) is 5.91 Å². The molecule has 1 aliphatic rings. The normalized spacial score (nSPS) is 15.1. The van der Waals surface area contributed by atoms with E-state index in [1.165, 1.54) is 0 Å². The predicted molar refractivity (Wildman–Crippen MR) is 112 cm³/mol. The highest BCUT2D eigenvalue weighted by Gasteiger charge is 2.20. The van der Waals surface area contributed by atoms with Gasteiger partial charge in [-0.05, 0) is 36.6 Å². The lowest BCUT2D eigenvalue weighted by molar-refractivity contribution is -0.122. The van der Waals surface area contributed by atoms with Crippen LogP contribution in [0.15, 0.2) is 42.7 Å². The first-order valence-corrected chi connectivity index (χ1v) is 10.0. The lowest BCUT2D eigenvalue weighted by atomic mass is 10.0. The molecule has 2 heterocycles. The summed E-state index contributed by atoms with van der Waals surface area (Å²) < 4.78 is 11.4. The Bertz CT molecular complexity index is 777. The van der Waals surface area contributed by atoms with Gasteiger partial charge in [-0.15, -0.1) is 0 Å². The van der Waals surface area contributed by atoms with Gasteiger partial charge >= 0.3 is 0 Å². The summed E-state index contributed by atoms with van der Waals surface area (Å²) in [6.07, 6.45) is 5.63. The van der Waals surface area contributed by atoms with Crippen molar-refractivity contribution >= 4 is 5.91 Å². The maximum atomic E-state index is 11.5. The van der Waals surface area contributed by atoms with E-state index in [4.69, 9.17) is 9.47 Å². The van der Waals surface area contributed by atoms with Crippen LogP contribution in [-0.4, -0.2) is 55.6 Å². The molecule has 2 aromatic rings. The number of methoxy groups -OCH3 is 1. The highest BCUT2D eigenvalue weighted by Crippen LogP contribution is 2.29. The zero-order chi connectivity index (χ0) is 20.5. The van der Waals surface area contributed by atoms with Gasteiger partial charge in [0.25, 0.3) is 0 Å². The molecule has 156 valence electrons. The van der Waals surface area contributed by atoms with E-state index in [1.54, 1.807) is 26.6 Å². The van der Waals surface area contributed by atoms with Crippen LogP contribution in [0.4, 0.5) is 0 Å². The zero-order valence-electron chi connectivity index (χ0n) is 17.2. The molecule has 0 unspecified atom stereocenters. The Labute approximate surface area is 172 Å². The fraction of sp³-hybridized carbons (Fsp3) is 0.455. The van der Waals surface area contributed by atoms with Gasteiger partial charge < -0.3 is 20.1 Å². The fourth-order valence-corrected chi connectivity index (χ4v) is 3.43. The average molecular weight is 399 g/mol. The average Bonchev–Trinajstić information content (AvgIpc) is 2.78. The Morgan fingerprint density at radius 3 is 2.72 bits per heavy atom. The van der Waals surface area contributed by atoms with Crippen molar-refractivity contribution in [3.8, 4) is 11.5 Å². The fourth-order valence-electron chi connectivity index (χ4n) is 3.43. The number of likely N-dealkylation sites (tertiary alicyclic amines) is 1. The summed E-state index contributed by atoms with van der Waals surface area (Å²) in [5.74, 6) is 1.53. The van der Waals surface area contributed by atoms with E-state index in [0.29, 0.717) is 19.2 Å². The van der Waals surface area contributed by atoms with Gasteiger partial charge in [0.15, 0.2) is 11.5 Å². The van der Waals surface area contributed by atoms with Gasteiger partial charge in [-0.3, -0.25) is 14.7 Å². The van der Waals surface area contributed by atoms with Crippen molar-refractivity contribution in [2.45, 2.75) is 32.0 Å². The molecule has 0 radical (unpaired) electrons. The summed E-state index contributed by atoms with van der Waals surface area (Å²) in [5.41, 5.74) is 2.17. The zero-order valence-corrected chi connectivity index (χ0v) is 17.2. The van der Waals surface area contributed by atoms with Crippen LogP contribution < -0.4 is 20.1 Å². The first kappa shape index (κ1) is 21.1. The number of ether oxygens (including phenoxy) is 2. The van der Waals surface area contributed by atoms with Crippen LogP contribution in [0, 0.1) is 0 Å². The van der Waals surface area contributed by atoms with Crippen molar-refractivity contribution in [3.63, 3.8) is 0 Å². The summed E-state index contributed by atoms with van der Waals surface area (Å²) in [4.78, 5) is 17.8. The van der Waals surface area contributed by atoms with Crippen LogP contribution in [-0.2, 0) is 17.9 Å². The molecule has 1 saturated heterocycles. The third kappa shape index (κ3) is 6.44. The number of benzene rings is 1. The van der Waals surface area contributed by atoms with Crippen LogP contribution in [0.2, 0.25) is 0 Å². The van der Waals surface area contributed by atoms with Crippen LogP contribution in [0.1, 0.15) is 24.0 Å². The highest BCUT2D eigenvalue weighted by molar-refractivity contribution is 5.77. The van der Waals surface area contributed by atoms with Crippen molar-refractivity contribution in [2.24, 2.45) is 0 Å². The van der Waals surface area contributed by atoms with Crippen molar-refractivity contribution in [2.75, 3.05) is 33.8 Å². The van der Waals surface area contributed by atoms with Gasteiger partial charge in [0.1, 0.15) is 6.61 Å². The number of aromatic nitrogens is 1. The smallest absolute Gasteiger partial charge is 0.233 e. The lowest BCUT2D eigenvalue weighted by Gasteiger charge is -2.31. The minimum atomic E-state index is 0.0773. The molecule has 1 aromatic carbocycles. The van der Waals surface area contributed by atoms with E-state index in [2.05, 4.69) is 26.6 Å². The number of piperidine rings is 1. The van der Waals surface area contributed by atoms with Crippen LogP contribution >= 0.6 is 0 Å². The summed E-state index contributed by atoms with van der Waals surface area (Å²) >= 11 is 0. The Kier molecular flexibility index (Phi) is 7.84. The van der Waals surface area contributed by atoms with Crippen molar-refractivity contribution < 1.29 is 14.3 Å². The lowest BCUT2D eigenvalue weighted by Crippen LogP contribution is -2.45. The van der Waals surface area contributed by atoms with Crippen molar-refractivity contribution in [1.82, 2.24) is 20.5 Å². The van der Waals surface area contributed by atoms with E-state index in [9.17, 15) is 4.79 Å². The van der Waals surface area contributed by atoms with E-state index in [1.807, 2.05) is 24.3 Å². The van der Waals surface area contributed by atoms with E-state index < -0.39 is 0 Å². The van der Waals surface area contributed by atoms with Crippen molar-refractivity contribution in [3.05, 3.63) is 53.9 Å². The standard InChI is InChI=1S/C22H30N4O3/c1-23-22(27)15-26-10-7-19(8-11-26)25-14-17-5-6-20(28-2)21(12-17)29-16-18-4-3-9-24-13-18/h3-6,9,12-13,19,25H,7-8,10-11,14-16H2,1-2H3,(H,23,27). The maximum Gasteiger partial charge on any atom is 0.233 e. The quantitative estimate of drug-likeness (QED) is 0.673. The minimum absolute atomic E-state index is 0.0773. The van der Waals surface area contributed by atoms with E-state index in [-0.39, 0.29) is 5.91 Å². The summed E-state index contributed by atoms with van der Waals surface area (Å²) in [6.45, 7) is 3.58. The third-order valence-electron chi connectivity index (χ3n) is 5.17. The number of pyridine rings is 1. The predicted octanol–water partition coefficient (Wildman–Crippen LogP) is 1.97. The molecule has 0 spiro atoms. The van der Waals surface area contributed by atoms with Gasteiger partial charge in [0.05, 0.1) is 13.7 Å². The number of nitrogens with zero attached hydrogens (tertiary/aromatic N) is 2. The summed E-state index contributed by atoms with van der Waals surface area (Å²) in [5, 5.41) is 6.31. The van der Waals surface area contributed by atoms with Gasteiger partial charge in [-0.25, -0.2) is 0 Å². The van der Waals surface area contributed by atoms with Crippen LogP contribution in [0.3, 0.4) is 0 Å². The molecule has 0 atom stereocenters. The minimum Gasteiger partial charge on any atom is -0.493 e. The summed E-state index contributed by atoms with van der Waals surface area (Å²) in [6, 6.07) is 10.4. The number of nitrogens with one attached hydrogen (secondary N) is 2. The molecule has 0 bridgehead atoms. The molecule has 1 fully saturated rings. The molecule has 0 saturated carbocycles. The first-order chi connectivity index (χ1) is 14.2. The maximum absolute atomic E-state index is 11.5. The second-order valence-electron chi connectivity index (χ2n) is 7.24. The Balaban J connectivity index is 1.50. The Morgan fingerprint density at radius 2 is 2.03 bits per heavy atom. The number of hydrogen-bond donors (Lipinski definition) is 2. The monoisotopic (exact) mass is 398 g/mol. The number of likely N-dealkylation sites (N-methyl/N-ethyl adjacent to an activating group) is 1. The number of hydrogen-bond acceptors (Lipinski definition) is 6. The van der Waals surface area contributed by atoms with E-state index >= 15 is 0 Å². The topological polar surface area (TPSA) is 75.7 Å². The Hall–Kier alpha value is -2.64. The largest absolute Gasteiger partial charge is 0.493 e. The molecule has 7 nitrogen and oxygen atoms in total. The Morgan fingerprint density at radius 1 is 1.21 bits per heavy atom. The SMILES string of the molecule is CNC(=O)CN1CCC(NCc2ccc(OC)c(OCc3cccnc3)c2)CC1. The molecule has 0 aliphatic carbocycles.